The van der Waals surface area contributed by atoms with Gasteiger partial charge in [0.2, 0.25) is 0 Å². The monoisotopic (exact) mass is 310 g/mol. The SMILES string of the molecule is CN1CCN(CC[C@H]2CCCCN2C(=S)NC2CC2)CC1. The van der Waals surface area contributed by atoms with E-state index >= 15 is 0 Å². The largest absolute Gasteiger partial charge is 0.360 e. The van der Waals surface area contributed by atoms with Gasteiger partial charge < -0.3 is 20.0 Å². The predicted octanol–water partition coefficient (Wildman–Crippen LogP) is 1.52. The van der Waals surface area contributed by atoms with Crippen molar-refractivity contribution in [3.05, 3.63) is 0 Å². The molecule has 3 fully saturated rings. The summed E-state index contributed by atoms with van der Waals surface area (Å²) in [7, 11) is 2.22. The highest BCUT2D eigenvalue weighted by Gasteiger charge is 2.29. The van der Waals surface area contributed by atoms with Gasteiger partial charge in [0.1, 0.15) is 0 Å². The summed E-state index contributed by atoms with van der Waals surface area (Å²) in [6.45, 7) is 7.29. The van der Waals surface area contributed by atoms with Crippen molar-refractivity contribution in [2.75, 3.05) is 46.3 Å². The highest BCUT2D eigenvalue weighted by molar-refractivity contribution is 7.80. The third-order valence-electron chi connectivity index (χ3n) is 5.17. The zero-order chi connectivity index (χ0) is 14.7. The second-order valence-electron chi connectivity index (χ2n) is 7.00. The van der Waals surface area contributed by atoms with Gasteiger partial charge >= 0.3 is 0 Å². The van der Waals surface area contributed by atoms with Gasteiger partial charge in [-0.1, -0.05) is 0 Å². The first-order valence-corrected chi connectivity index (χ1v) is 9.11. The Bertz CT molecular complexity index is 350. The second kappa shape index (κ2) is 7.25. The predicted molar refractivity (Wildman–Crippen MR) is 91.7 cm³/mol. The Labute approximate surface area is 134 Å². The van der Waals surface area contributed by atoms with Crippen LogP contribution in [0.1, 0.15) is 38.5 Å². The van der Waals surface area contributed by atoms with Gasteiger partial charge in [-0.25, -0.2) is 0 Å². The van der Waals surface area contributed by atoms with E-state index in [0.717, 1.165) is 11.7 Å². The fraction of sp³-hybridized carbons (Fsp3) is 0.938. The van der Waals surface area contributed by atoms with E-state index in [1.165, 1.54) is 71.2 Å². The van der Waals surface area contributed by atoms with Crippen molar-refractivity contribution >= 4 is 17.3 Å². The quantitative estimate of drug-likeness (QED) is 0.793. The van der Waals surface area contributed by atoms with Crippen LogP contribution in [0.4, 0.5) is 0 Å². The van der Waals surface area contributed by atoms with Crippen molar-refractivity contribution in [1.82, 2.24) is 20.0 Å². The average molecular weight is 311 g/mol. The molecule has 0 bridgehead atoms. The van der Waals surface area contributed by atoms with Crippen LogP contribution in [0.3, 0.4) is 0 Å². The Morgan fingerprint density at radius 2 is 1.81 bits per heavy atom. The first-order valence-electron chi connectivity index (χ1n) is 8.70. The fourth-order valence-corrected chi connectivity index (χ4v) is 3.86. The zero-order valence-electron chi connectivity index (χ0n) is 13.4. The van der Waals surface area contributed by atoms with Crippen LogP contribution < -0.4 is 5.32 Å². The average Bonchev–Trinajstić information content (AvgIpc) is 3.31. The molecule has 0 radical (unpaired) electrons. The Morgan fingerprint density at radius 1 is 1.05 bits per heavy atom. The van der Waals surface area contributed by atoms with Gasteiger partial charge in [0, 0.05) is 51.4 Å². The van der Waals surface area contributed by atoms with Crippen molar-refractivity contribution in [1.29, 1.82) is 0 Å². The zero-order valence-corrected chi connectivity index (χ0v) is 14.2. The van der Waals surface area contributed by atoms with E-state index in [1.807, 2.05) is 0 Å². The lowest BCUT2D eigenvalue weighted by Crippen LogP contribution is -2.51. The molecule has 120 valence electrons. The number of likely N-dealkylation sites (N-methyl/N-ethyl adjacent to an activating group) is 1. The maximum absolute atomic E-state index is 5.65. The van der Waals surface area contributed by atoms with Crippen molar-refractivity contribution in [3.63, 3.8) is 0 Å². The number of thiocarbonyl (C=S) groups is 1. The third-order valence-corrected chi connectivity index (χ3v) is 5.52. The Hall–Kier alpha value is -0.390. The van der Waals surface area contributed by atoms with E-state index in [4.69, 9.17) is 12.2 Å². The van der Waals surface area contributed by atoms with Crippen LogP contribution in [0.25, 0.3) is 0 Å². The van der Waals surface area contributed by atoms with E-state index in [9.17, 15) is 0 Å². The maximum atomic E-state index is 5.65. The summed E-state index contributed by atoms with van der Waals surface area (Å²) in [5, 5.41) is 4.56. The molecule has 0 aromatic heterocycles. The highest BCUT2D eigenvalue weighted by atomic mass is 32.1. The molecule has 2 saturated heterocycles. The molecular weight excluding hydrogens is 280 g/mol. The second-order valence-corrected chi connectivity index (χ2v) is 7.39. The summed E-state index contributed by atoms with van der Waals surface area (Å²) >= 11 is 5.65. The van der Waals surface area contributed by atoms with Gasteiger partial charge in [-0.05, 0) is 57.8 Å². The van der Waals surface area contributed by atoms with Crippen LogP contribution in [0.5, 0.6) is 0 Å². The molecule has 0 amide bonds. The van der Waals surface area contributed by atoms with Gasteiger partial charge in [0.05, 0.1) is 0 Å². The van der Waals surface area contributed by atoms with Crippen molar-refractivity contribution in [3.8, 4) is 0 Å². The summed E-state index contributed by atoms with van der Waals surface area (Å²) in [6, 6.07) is 1.34. The first kappa shape index (κ1) is 15.5. The Morgan fingerprint density at radius 3 is 2.52 bits per heavy atom. The lowest BCUT2D eigenvalue weighted by molar-refractivity contribution is 0.134. The van der Waals surface area contributed by atoms with Crippen LogP contribution in [0, 0.1) is 0 Å². The Kier molecular flexibility index (Phi) is 5.35. The van der Waals surface area contributed by atoms with Crippen LogP contribution in [-0.2, 0) is 0 Å². The molecule has 0 spiro atoms. The van der Waals surface area contributed by atoms with E-state index in [2.05, 4.69) is 27.1 Å². The molecule has 21 heavy (non-hydrogen) atoms. The molecule has 3 rings (SSSR count). The summed E-state index contributed by atoms with van der Waals surface area (Å²) in [5.74, 6) is 0. The highest BCUT2D eigenvalue weighted by Crippen LogP contribution is 2.23. The standard InChI is InChI=1S/C16H30N4S/c1-18-10-12-19(13-11-18)9-7-15-4-2-3-8-20(15)16(21)17-14-5-6-14/h14-15H,2-13H2,1H3,(H,17,21)/t15-/m1/s1. The number of piperidine rings is 1. The maximum Gasteiger partial charge on any atom is 0.169 e. The molecule has 1 atom stereocenters. The number of likely N-dealkylation sites (tertiary alicyclic amines) is 1. The van der Waals surface area contributed by atoms with Crippen LogP contribution in [-0.4, -0.2) is 78.2 Å². The van der Waals surface area contributed by atoms with Crippen LogP contribution in [0.2, 0.25) is 0 Å². The number of hydrogen-bond donors (Lipinski definition) is 1. The molecule has 1 saturated carbocycles. The van der Waals surface area contributed by atoms with Crippen LogP contribution >= 0.6 is 12.2 Å². The van der Waals surface area contributed by atoms with Gasteiger partial charge in [-0.2, -0.15) is 0 Å². The summed E-state index contributed by atoms with van der Waals surface area (Å²) in [6.07, 6.45) is 7.88. The van der Waals surface area contributed by atoms with E-state index in [0.29, 0.717) is 12.1 Å². The third kappa shape index (κ3) is 4.54. The molecule has 0 aromatic carbocycles. The van der Waals surface area contributed by atoms with E-state index in [1.54, 1.807) is 0 Å². The number of hydrogen-bond acceptors (Lipinski definition) is 3. The molecule has 0 unspecified atom stereocenters. The molecular formula is C16H30N4S. The number of rotatable bonds is 4. The summed E-state index contributed by atoms with van der Waals surface area (Å²) < 4.78 is 0. The van der Waals surface area contributed by atoms with Gasteiger partial charge in [0.15, 0.2) is 5.11 Å². The van der Waals surface area contributed by atoms with Gasteiger partial charge in [0.25, 0.3) is 0 Å². The normalized spacial score (nSPS) is 28.6. The molecule has 3 aliphatic rings. The summed E-state index contributed by atoms with van der Waals surface area (Å²) in [4.78, 5) is 7.55. The lowest BCUT2D eigenvalue weighted by atomic mass is 9.99. The van der Waals surface area contributed by atoms with Gasteiger partial charge in [-0.3, -0.25) is 0 Å². The smallest absolute Gasteiger partial charge is 0.169 e. The number of nitrogens with one attached hydrogen (secondary N) is 1. The molecule has 1 aliphatic carbocycles. The minimum atomic E-state index is 0.664. The minimum absolute atomic E-state index is 0.664. The Balaban J connectivity index is 1.46. The fourth-order valence-electron chi connectivity index (χ4n) is 3.46. The topological polar surface area (TPSA) is 21.8 Å². The molecule has 1 N–H and O–H groups in total. The molecule has 0 aromatic rings. The number of nitrogens with zero attached hydrogens (tertiary/aromatic N) is 3. The first-order chi connectivity index (χ1) is 10.2. The van der Waals surface area contributed by atoms with E-state index in [-0.39, 0.29) is 0 Å². The summed E-state index contributed by atoms with van der Waals surface area (Å²) in [5.41, 5.74) is 0. The van der Waals surface area contributed by atoms with Crippen molar-refractivity contribution < 1.29 is 0 Å². The van der Waals surface area contributed by atoms with Crippen LogP contribution in [0.15, 0.2) is 0 Å². The van der Waals surface area contributed by atoms with E-state index < -0.39 is 0 Å². The molecule has 5 heteroatoms. The molecule has 2 aliphatic heterocycles. The van der Waals surface area contributed by atoms with Crippen molar-refractivity contribution in [2.45, 2.75) is 50.6 Å². The lowest BCUT2D eigenvalue weighted by Gasteiger charge is -2.39. The molecule has 4 nitrogen and oxygen atoms in total. The van der Waals surface area contributed by atoms with Crippen molar-refractivity contribution in [2.24, 2.45) is 0 Å². The van der Waals surface area contributed by atoms with Gasteiger partial charge in [-0.15, -0.1) is 0 Å². The number of piperazine rings is 1. The molecule has 2 heterocycles. The minimum Gasteiger partial charge on any atom is -0.360 e.